The normalized spacial score (nSPS) is 18.4. The van der Waals surface area contributed by atoms with E-state index in [0.717, 1.165) is 38.3 Å². The number of likely N-dealkylation sites (N-methyl/N-ethyl adjacent to an activating group) is 1. The molecule has 1 heterocycles. The van der Waals surface area contributed by atoms with Gasteiger partial charge < -0.3 is 19.9 Å². The highest BCUT2D eigenvalue weighted by Gasteiger charge is 2.20. The maximum Gasteiger partial charge on any atom is 0.317 e. The molecule has 2 rings (SSSR count). The van der Waals surface area contributed by atoms with E-state index in [9.17, 15) is 4.79 Å². The number of ether oxygens (including phenoxy) is 1. The first kappa shape index (κ1) is 19.5. The van der Waals surface area contributed by atoms with E-state index in [1.54, 1.807) is 12.0 Å². The number of rotatable bonds is 8. The maximum atomic E-state index is 12.2. The van der Waals surface area contributed by atoms with Crippen LogP contribution in [0.3, 0.4) is 0 Å². The quantitative estimate of drug-likeness (QED) is 0.788. The van der Waals surface area contributed by atoms with Gasteiger partial charge in [-0.3, -0.25) is 0 Å². The zero-order chi connectivity index (χ0) is 17.9. The Bertz CT molecular complexity index is 533. The number of methoxy groups -OCH3 is 1. The summed E-state index contributed by atoms with van der Waals surface area (Å²) in [4.78, 5) is 16.4. The molecule has 1 aliphatic rings. The molecule has 2 amide bonds. The molecule has 1 unspecified atom stereocenters. The lowest BCUT2D eigenvalue weighted by atomic mass is 9.98. The lowest BCUT2D eigenvalue weighted by Gasteiger charge is -2.32. The molecule has 0 radical (unpaired) electrons. The number of nitrogens with zero attached hydrogens (tertiary/aromatic N) is 2. The van der Waals surface area contributed by atoms with Gasteiger partial charge in [-0.25, -0.2) is 4.79 Å². The standard InChI is InChI=1S/C20H31N3O2/c1-22(12-6-10-18-8-4-3-5-9-18)20(24)21-16-19-11-7-13-23(17-19)14-15-25-2/h3-6,8-10,19H,7,11-17H2,1-2H3,(H,21,24)/b10-6+. The Morgan fingerprint density at radius 2 is 2.20 bits per heavy atom. The minimum atomic E-state index is -0.00766. The molecular weight excluding hydrogens is 314 g/mol. The summed E-state index contributed by atoms with van der Waals surface area (Å²) in [5.41, 5.74) is 1.15. The molecule has 1 atom stereocenters. The van der Waals surface area contributed by atoms with Gasteiger partial charge in [-0.15, -0.1) is 0 Å². The summed E-state index contributed by atoms with van der Waals surface area (Å²) in [5.74, 6) is 0.530. The predicted octanol–water partition coefficient (Wildman–Crippen LogP) is 2.70. The predicted molar refractivity (Wildman–Crippen MR) is 103 cm³/mol. The smallest absolute Gasteiger partial charge is 0.317 e. The minimum Gasteiger partial charge on any atom is -0.383 e. The molecule has 1 aliphatic heterocycles. The number of carbonyl (C=O) groups is 1. The average molecular weight is 345 g/mol. The number of hydrogen-bond acceptors (Lipinski definition) is 3. The van der Waals surface area contributed by atoms with E-state index in [1.165, 1.54) is 12.8 Å². The maximum absolute atomic E-state index is 12.2. The van der Waals surface area contributed by atoms with Crippen molar-refractivity contribution in [2.24, 2.45) is 5.92 Å². The fourth-order valence-electron chi connectivity index (χ4n) is 3.10. The zero-order valence-corrected chi connectivity index (χ0v) is 15.5. The summed E-state index contributed by atoms with van der Waals surface area (Å²) in [6, 6.07) is 10.1. The van der Waals surface area contributed by atoms with Gasteiger partial charge in [-0.2, -0.15) is 0 Å². The van der Waals surface area contributed by atoms with Gasteiger partial charge in [0.05, 0.1) is 6.61 Å². The van der Waals surface area contributed by atoms with Crippen LogP contribution in [0.1, 0.15) is 18.4 Å². The van der Waals surface area contributed by atoms with E-state index in [0.29, 0.717) is 12.5 Å². The molecular formula is C20H31N3O2. The van der Waals surface area contributed by atoms with Crippen LogP contribution >= 0.6 is 0 Å². The third kappa shape index (κ3) is 7.28. The van der Waals surface area contributed by atoms with Crippen molar-refractivity contribution in [3.05, 3.63) is 42.0 Å². The Morgan fingerprint density at radius 1 is 1.40 bits per heavy atom. The molecule has 138 valence electrons. The van der Waals surface area contributed by atoms with Crippen LogP contribution in [0.15, 0.2) is 36.4 Å². The lowest BCUT2D eigenvalue weighted by Crippen LogP contribution is -2.44. The first-order chi connectivity index (χ1) is 12.2. The van der Waals surface area contributed by atoms with Crippen LogP contribution in [0, 0.1) is 5.92 Å². The lowest BCUT2D eigenvalue weighted by molar-refractivity contribution is 0.114. The van der Waals surface area contributed by atoms with Gasteiger partial charge in [0.1, 0.15) is 0 Å². The Morgan fingerprint density at radius 3 is 2.96 bits per heavy atom. The number of amides is 2. The van der Waals surface area contributed by atoms with Crippen LogP contribution in [0.5, 0.6) is 0 Å². The van der Waals surface area contributed by atoms with Crippen molar-refractivity contribution in [3.63, 3.8) is 0 Å². The second-order valence-corrected chi connectivity index (χ2v) is 6.68. The summed E-state index contributed by atoms with van der Waals surface area (Å²) < 4.78 is 5.15. The molecule has 5 nitrogen and oxygen atoms in total. The van der Waals surface area contributed by atoms with E-state index in [2.05, 4.69) is 22.3 Å². The molecule has 0 saturated carbocycles. The summed E-state index contributed by atoms with van der Waals surface area (Å²) in [6.45, 7) is 5.28. The molecule has 0 spiro atoms. The third-order valence-corrected chi connectivity index (χ3v) is 4.59. The Labute approximate surface area is 151 Å². The van der Waals surface area contributed by atoms with E-state index in [1.807, 2.05) is 37.4 Å². The van der Waals surface area contributed by atoms with Gasteiger partial charge in [-0.1, -0.05) is 42.5 Å². The number of carbonyl (C=O) groups excluding carboxylic acids is 1. The number of piperidine rings is 1. The molecule has 0 aromatic heterocycles. The fourth-order valence-corrected chi connectivity index (χ4v) is 3.10. The summed E-state index contributed by atoms with van der Waals surface area (Å²) >= 11 is 0. The number of nitrogens with one attached hydrogen (secondary N) is 1. The zero-order valence-electron chi connectivity index (χ0n) is 15.5. The third-order valence-electron chi connectivity index (χ3n) is 4.59. The highest BCUT2D eigenvalue weighted by Crippen LogP contribution is 2.15. The van der Waals surface area contributed by atoms with Crippen molar-refractivity contribution in [1.82, 2.24) is 15.1 Å². The van der Waals surface area contributed by atoms with E-state index >= 15 is 0 Å². The molecule has 0 bridgehead atoms. The summed E-state index contributed by atoms with van der Waals surface area (Å²) in [7, 11) is 3.57. The monoisotopic (exact) mass is 345 g/mol. The average Bonchev–Trinajstić information content (AvgIpc) is 2.65. The highest BCUT2D eigenvalue weighted by atomic mass is 16.5. The van der Waals surface area contributed by atoms with Gasteiger partial charge in [0.25, 0.3) is 0 Å². The molecule has 1 aromatic carbocycles. The van der Waals surface area contributed by atoms with Gasteiger partial charge in [0.15, 0.2) is 0 Å². The molecule has 1 saturated heterocycles. The van der Waals surface area contributed by atoms with Crippen molar-refractivity contribution < 1.29 is 9.53 Å². The SMILES string of the molecule is COCCN1CCCC(CNC(=O)N(C)C/C=C/c2ccccc2)C1. The molecule has 1 N–H and O–H groups in total. The largest absolute Gasteiger partial charge is 0.383 e. The van der Waals surface area contributed by atoms with E-state index in [-0.39, 0.29) is 6.03 Å². The summed E-state index contributed by atoms with van der Waals surface area (Å²) in [6.07, 6.45) is 6.43. The van der Waals surface area contributed by atoms with Crippen molar-refractivity contribution in [1.29, 1.82) is 0 Å². The molecule has 25 heavy (non-hydrogen) atoms. The van der Waals surface area contributed by atoms with Crippen LogP contribution in [0.2, 0.25) is 0 Å². The second kappa shape index (κ2) is 10.9. The van der Waals surface area contributed by atoms with Gasteiger partial charge in [-0.05, 0) is 30.9 Å². The van der Waals surface area contributed by atoms with Crippen LogP contribution in [0.25, 0.3) is 6.08 Å². The van der Waals surface area contributed by atoms with Crippen LogP contribution < -0.4 is 5.32 Å². The fraction of sp³-hybridized carbons (Fsp3) is 0.550. The first-order valence-corrected chi connectivity index (χ1v) is 9.11. The van der Waals surface area contributed by atoms with Crippen LogP contribution in [-0.4, -0.2) is 69.3 Å². The van der Waals surface area contributed by atoms with Crippen molar-refractivity contribution >= 4 is 12.1 Å². The highest BCUT2D eigenvalue weighted by molar-refractivity contribution is 5.74. The minimum absolute atomic E-state index is 0.00766. The van der Waals surface area contributed by atoms with Crippen molar-refractivity contribution in [2.45, 2.75) is 12.8 Å². The van der Waals surface area contributed by atoms with Crippen LogP contribution in [-0.2, 0) is 4.74 Å². The number of urea groups is 1. The Hall–Kier alpha value is -1.85. The molecule has 1 fully saturated rings. The summed E-state index contributed by atoms with van der Waals surface area (Å²) in [5, 5.41) is 3.07. The van der Waals surface area contributed by atoms with Gasteiger partial charge >= 0.3 is 6.03 Å². The van der Waals surface area contributed by atoms with Crippen molar-refractivity contribution in [3.8, 4) is 0 Å². The number of likely N-dealkylation sites (tertiary alicyclic amines) is 1. The molecule has 0 aliphatic carbocycles. The van der Waals surface area contributed by atoms with Gasteiger partial charge in [0, 0.05) is 40.3 Å². The number of benzene rings is 1. The topological polar surface area (TPSA) is 44.8 Å². The molecule has 5 heteroatoms. The van der Waals surface area contributed by atoms with Gasteiger partial charge in [0.2, 0.25) is 0 Å². The Balaban J connectivity index is 1.67. The first-order valence-electron chi connectivity index (χ1n) is 9.11. The second-order valence-electron chi connectivity index (χ2n) is 6.68. The van der Waals surface area contributed by atoms with E-state index < -0.39 is 0 Å². The van der Waals surface area contributed by atoms with E-state index in [4.69, 9.17) is 4.74 Å². The number of hydrogen-bond donors (Lipinski definition) is 1. The van der Waals surface area contributed by atoms with Crippen LogP contribution in [0.4, 0.5) is 4.79 Å². The molecule has 1 aromatic rings. The van der Waals surface area contributed by atoms with Crippen molar-refractivity contribution in [2.75, 3.05) is 53.5 Å². The Kier molecular flexibility index (Phi) is 8.49.